The summed E-state index contributed by atoms with van der Waals surface area (Å²) < 4.78 is 0. The summed E-state index contributed by atoms with van der Waals surface area (Å²) in [7, 11) is 0. The molecule has 8 heteroatoms. The van der Waals surface area contributed by atoms with Crippen LogP contribution in [0.1, 0.15) is 28.9 Å². The fraction of sp³-hybridized carbons (Fsp3) is 0.222. The number of nitro groups is 1. The Morgan fingerprint density at radius 3 is 2.81 bits per heavy atom. The number of benzene rings is 2. The standard InChI is InChI=1S/C18H18N4O4/c23-17-7-2-1-5-13(17)18(24)19-10-4-3-6-15-14-11-12(22(25)26)8-9-16(14)21-20-15/h1-2,5,7-9,11,23H,3-4,6,10H2,(H,19,24)(H,20,21). The zero-order valence-electron chi connectivity index (χ0n) is 13.9. The maximum Gasteiger partial charge on any atom is 0.270 e. The van der Waals surface area contributed by atoms with Crippen molar-refractivity contribution in [3.8, 4) is 5.75 Å². The third-order valence-corrected chi connectivity index (χ3v) is 4.11. The quantitative estimate of drug-likeness (QED) is 0.342. The Morgan fingerprint density at radius 2 is 2.04 bits per heavy atom. The third kappa shape index (κ3) is 3.80. The van der Waals surface area contributed by atoms with E-state index in [0.29, 0.717) is 13.0 Å². The molecule has 3 aromatic rings. The fourth-order valence-corrected chi connectivity index (χ4v) is 2.74. The Morgan fingerprint density at radius 1 is 1.23 bits per heavy atom. The third-order valence-electron chi connectivity index (χ3n) is 4.11. The smallest absolute Gasteiger partial charge is 0.270 e. The number of amides is 1. The van der Waals surface area contributed by atoms with Gasteiger partial charge >= 0.3 is 0 Å². The first kappa shape index (κ1) is 17.4. The molecule has 0 fully saturated rings. The van der Waals surface area contributed by atoms with Crippen LogP contribution in [0.15, 0.2) is 42.5 Å². The number of para-hydroxylation sites is 1. The molecule has 1 amide bonds. The van der Waals surface area contributed by atoms with Crippen molar-refractivity contribution in [3.05, 3.63) is 63.8 Å². The summed E-state index contributed by atoms with van der Waals surface area (Å²) in [6.45, 7) is 0.468. The molecule has 3 rings (SSSR count). The zero-order chi connectivity index (χ0) is 18.5. The van der Waals surface area contributed by atoms with Crippen LogP contribution < -0.4 is 5.32 Å². The number of aromatic hydroxyl groups is 1. The van der Waals surface area contributed by atoms with E-state index in [1.807, 2.05) is 0 Å². The first-order valence-corrected chi connectivity index (χ1v) is 8.24. The first-order valence-electron chi connectivity index (χ1n) is 8.24. The van der Waals surface area contributed by atoms with Crippen LogP contribution in [0.2, 0.25) is 0 Å². The molecule has 0 spiro atoms. The summed E-state index contributed by atoms with van der Waals surface area (Å²) in [5.41, 5.74) is 1.82. The van der Waals surface area contributed by atoms with Crippen molar-refractivity contribution in [1.29, 1.82) is 0 Å². The van der Waals surface area contributed by atoms with Crippen molar-refractivity contribution < 1.29 is 14.8 Å². The normalized spacial score (nSPS) is 10.8. The van der Waals surface area contributed by atoms with Crippen LogP contribution in [-0.2, 0) is 6.42 Å². The average Bonchev–Trinajstić information content (AvgIpc) is 3.04. The highest BCUT2D eigenvalue weighted by Crippen LogP contribution is 2.23. The summed E-state index contributed by atoms with van der Waals surface area (Å²) in [6.07, 6.45) is 2.14. The number of phenolic OH excluding ortho intramolecular Hbond substituents is 1. The lowest BCUT2D eigenvalue weighted by Crippen LogP contribution is -2.24. The molecule has 0 atom stereocenters. The highest BCUT2D eigenvalue weighted by Gasteiger charge is 2.12. The maximum absolute atomic E-state index is 12.0. The molecule has 2 aromatic carbocycles. The number of hydrogen-bond donors (Lipinski definition) is 3. The monoisotopic (exact) mass is 354 g/mol. The maximum atomic E-state index is 12.0. The van der Waals surface area contributed by atoms with Gasteiger partial charge in [-0.25, -0.2) is 0 Å². The predicted octanol–water partition coefficient (Wildman–Crippen LogP) is 2.93. The number of aromatic nitrogens is 2. The number of unbranched alkanes of at least 4 members (excludes halogenated alkanes) is 1. The number of aromatic amines is 1. The summed E-state index contributed by atoms with van der Waals surface area (Å²) in [6, 6.07) is 11.0. The number of carbonyl (C=O) groups is 1. The van der Waals surface area contributed by atoms with Gasteiger partial charge in [-0.05, 0) is 37.5 Å². The average molecular weight is 354 g/mol. The molecular weight excluding hydrogens is 336 g/mol. The molecule has 0 radical (unpaired) electrons. The van der Waals surface area contributed by atoms with Crippen LogP contribution in [0.5, 0.6) is 5.75 Å². The lowest BCUT2D eigenvalue weighted by atomic mass is 10.1. The molecule has 134 valence electrons. The van der Waals surface area contributed by atoms with E-state index in [1.54, 1.807) is 24.3 Å². The molecule has 0 saturated carbocycles. The molecule has 0 aliphatic heterocycles. The van der Waals surface area contributed by atoms with Crippen LogP contribution in [-0.4, -0.2) is 32.7 Å². The minimum Gasteiger partial charge on any atom is -0.507 e. The van der Waals surface area contributed by atoms with Crippen molar-refractivity contribution in [2.45, 2.75) is 19.3 Å². The molecule has 0 aliphatic rings. The van der Waals surface area contributed by atoms with Crippen molar-refractivity contribution in [2.75, 3.05) is 6.54 Å². The first-order chi connectivity index (χ1) is 12.6. The minimum absolute atomic E-state index is 0.0371. The SMILES string of the molecule is O=C(NCCCCc1n[nH]c2ccc([N+](=O)[O-])cc12)c1ccccc1O. The largest absolute Gasteiger partial charge is 0.507 e. The number of fused-ring (bicyclic) bond motifs is 1. The van der Waals surface area contributed by atoms with Gasteiger partial charge in [0.2, 0.25) is 0 Å². The van der Waals surface area contributed by atoms with Crippen molar-refractivity contribution in [2.24, 2.45) is 0 Å². The van der Waals surface area contributed by atoms with Crippen LogP contribution >= 0.6 is 0 Å². The number of aryl methyl sites for hydroxylation is 1. The highest BCUT2D eigenvalue weighted by atomic mass is 16.6. The van der Waals surface area contributed by atoms with Gasteiger partial charge < -0.3 is 10.4 Å². The van der Waals surface area contributed by atoms with Gasteiger partial charge in [0, 0.05) is 24.1 Å². The van der Waals surface area contributed by atoms with Gasteiger partial charge in [-0.3, -0.25) is 20.0 Å². The minimum atomic E-state index is -0.426. The molecule has 3 N–H and O–H groups in total. The molecule has 1 heterocycles. The van der Waals surface area contributed by atoms with E-state index in [1.165, 1.54) is 18.2 Å². The summed E-state index contributed by atoms with van der Waals surface area (Å²) >= 11 is 0. The van der Waals surface area contributed by atoms with Gasteiger partial charge in [-0.1, -0.05) is 12.1 Å². The van der Waals surface area contributed by atoms with Crippen molar-refractivity contribution >= 4 is 22.5 Å². The van der Waals surface area contributed by atoms with Crippen molar-refractivity contribution in [1.82, 2.24) is 15.5 Å². The second-order valence-corrected chi connectivity index (χ2v) is 5.89. The molecule has 8 nitrogen and oxygen atoms in total. The molecule has 0 unspecified atom stereocenters. The van der Waals surface area contributed by atoms with Crippen LogP contribution in [0.4, 0.5) is 5.69 Å². The second-order valence-electron chi connectivity index (χ2n) is 5.89. The number of nitro benzene ring substituents is 1. The predicted molar refractivity (Wildman–Crippen MR) is 96.1 cm³/mol. The lowest BCUT2D eigenvalue weighted by molar-refractivity contribution is -0.384. The van der Waals surface area contributed by atoms with Gasteiger partial charge in [-0.15, -0.1) is 0 Å². The van der Waals surface area contributed by atoms with Crippen molar-refractivity contribution in [3.63, 3.8) is 0 Å². The number of hydrogen-bond acceptors (Lipinski definition) is 5. The zero-order valence-corrected chi connectivity index (χ0v) is 13.9. The van der Waals surface area contributed by atoms with Crippen LogP contribution in [0.3, 0.4) is 0 Å². The Bertz CT molecular complexity index is 951. The number of nitrogens with zero attached hydrogens (tertiary/aromatic N) is 2. The Kier molecular flexibility index (Phi) is 5.12. The number of carbonyl (C=O) groups excluding carboxylic acids is 1. The van der Waals surface area contributed by atoms with E-state index in [-0.39, 0.29) is 22.9 Å². The Hall–Kier alpha value is -3.42. The molecule has 1 aromatic heterocycles. The van der Waals surface area contributed by atoms with E-state index in [0.717, 1.165) is 29.4 Å². The highest BCUT2D eigenvalue weighted by molar-refractivity contribution is 5.96. The number of nitrogens with one attached hydrogen (secondary N) is 2. The van der Waals surface area contributed by atoms with Crippen LogP contribution in [0.25, 0.3) is 10.9 Å². The Balaban J connectivity index is 1.52. The topological polar surface area (TPSA) is 121 Å². The van der Waals surface area contributed by atoms with Gasteiger partial charge in [0.05, 0.1) is 21.7 Å². The molecular formula is C18H18N4O4. The summed E-state index contributed by atoms with van der Waals surface area (Å²) in [4.78, 5) is 22.5. The molecule has 0 bridgehead atoms. The molecule has 26 heavy (non-hydrogen) atoms. The molecule has 0 saturated heterocycles. The number of phenols is 1. The van der Waals surface area contributed by atoms with Gasteiger partial charge in [0.15, 0.2) is 0 Å². The number of non-ortho nitro benzene ring substituents is 1. The van der Waals surface area contributed by atoms with Gasteiger partial charge in [-0.2, -0.15) is 5.10 Å². The van der Waals surface area contributed by atoms with E-state index in [4.69, 9.17) is 0 Å². The van der Waals surface area contributed by atoms with Gasteiger partial charge in [0.1, 0.15) is 5.75 Å². The number of rotatable bonds is 7. The number of H-pyrrole nitrogens is 1. The van der Waals surface area contributed by atoms with Gasteiger partial charge in [0.25, 0.3) is 11.6 Å². The Labute approximate surface area is 149 Å². The summed E-state index contributed by atoms with van der Waals surface area (Å²) in [5.74, 6) is -0.362. The van der Waals surface area contributed by atoms with E-state index in [2.05, 4.69) is 15.5 Å². The fourth-order valence-electron chi connectivity index (χ4n) is 2.74. The van der Waals surface area contributed by atoms with E-state index >= 15 is 0 Å². The summed E-state index contributed by atoms with van der Waals surface area (Å²) in [5, 5.41) is 31.2. The molecule has 0 aliphatic carbocycles. The van der Waals surface area contributed by atoms with E-state index in [9.17, 15) is 20.0 Å². The van der Waals surface area contributed by atoms with E-state index < -0.39 is 4.92 Å². The lowest BCUT2D eigenvalue weighted by Gasteiger charge is -2.06. The van der Waals surface area contributed by atoms with Crippen LogP contribution in [0, 0.1) is 10.1 Å². The second kappa shape index (κ2) is 7.64.